The Morgan fingerprint density at radius 2 is 1.68 bits per heavy atom. The number of hydrogen-bond donors (Lipinski definition) is 0. The first-order valence-electron chi connectivity index (χ1n) is 6.84. The number of carbonyl (C=O) groups excluding carboxylic acids is 1. The summed E-state index contributed by atoms with van der Waals surface area (Å²) in [5.74, 6) is 0.367. The number of Topliss-reactive ketones (excluding diaryl/α,β-unsaturated/α-hetero) is 1. The van der Waals surface area contributed by atoms with Crippen LogP contribution in [0.25, 0.3) is 0 Å². The molecule has 0 amide bonds. The fraction of sp³-hybridized carbons (Fsp3) is 0.125. The van der Waals surface area contributed by atoms with Crippen LogP contribution in [-0.4, -0.2) is 31.7 Å². The fourth-order valence-corrected chi connectivity index (χ4v) is 2.61. The predicted molar refractivity (Wildman–Crippen MR) is 84.9 cm³/mol. The highest BCUT2D eigenvalue weighted by Crippen LogP contribution is 2.14. The molecule has 3 aromatic rings. The smallest absolute Gasteiger partial charge is 0.231 e. The van der Waals surface area contributed by atoms with Gasteiger partial charge in [-0.3, -0.25) is 4.79 Å². The van der Waals surface area contributed by atoms with Crippen LogP contribution >= 0.6 is 11.8 Å². The Morgan fingerprint density at radius 3 is 2.41 bits per heavy atom. The lowest BCUT2D eigenvalue weighted by molar-refractivity contribution is 0.102. The molecule has 0 fully saturated rings. The number of hydrogen-bond acceptors (Lipinski definition) is 5. The van der Waals surface area contributed by atoms with Gasteiger partial charge in [0.25, 0.3) is 0 Å². The van der Waals surface area contributed by atoms with Gasteiger partial charge in [-0.1, -0.05) is 72.4 Å². The molecule has 0 aliphatic carbocycles. The van der Waals surface area contributed by atoms with Gasteiger partial charge < -0.3 is 0 Å². The molecular formula is C16H14N4OS. The van der Waals surface area contributed by atoms with Crippen LogP contribution in [0, 0.1) is 0 Å². The molecule has 3 rings (SSSR count). The summed E-state index contributed by atoms with van der Waals surface area (Å²) in [6.07, 6.45) is 0. The van der Waals surface area contributed by atoms with Crippen LogP contribution in [0.4, 0.5) is 0 Å². The number of thioether (sulfide) groups is 1. The summed E-state index contributed by atoms with van der Waals surface area (Å²) in [7, 11) is 0. The van der Waals surface area contributed by atoms with Gasteiger partial charge in [0.05, 0.1) is 12.3 Å². The van der Waals surface area contributed by atoms with E-state index in [4.69, 9.17) is 0 Å². The van der Waals surface area contributed by atoms with Gasteiger partial charge >= 0.3 is 0 Å². The van der Waals surface area contributed by atoms with Crippen molar-refractivity contribution in [3.8, 4) is 0 Å². The minimum atomic E-state index is 0.0602. The van der Waals surface area contributed by atoms with Crippen LogP contribution in [0.5, 0.6) is 0 Å². The predicted octanol–water partition coefficient (Wildman–Crippen LogP) is 2.70. The van der Waals surface area contributed by atoms with Gasteiger partial charge in [0.1, 0.15) is 0 Å². The van der Waals surface area contributed by atoms with E-state index in [-0.39, 0.29) is 5.78 Å². The van der Waals surface area contributed by atoms with Crippen molar-refractivity contribution in [3.05, 3.63) is 71.8 Å². The number of benzene rings is 2. The van der Waals surface area contributed by atoms with E-state index in [1.54, 1.807) is 0 Å². The summed E-state index contributed by atoms with van der Waals surface area (Å²) < 4.78 is 0. The fourth-order valence-electron chi connectivity index (χ4n) is 1.94. The Morgan fingerprint density at radius 1 is 1.00 bits per heavy atom. The highest BCUT2D eigenvalue weighted by atomic mass is 32.2. The van der Waals surface area contributed by atoms with Crippen LogP contribution < -0.4 is 0 Å². The zero-order valence-electron chi connectivity index (χ0n) is 11.8. The highest BCUT2D eigenvalue weighted by Gasteiger charge is 2.09. The van der Waals surface area contributed by atoms with Crippen molar-refractivity contribution in [1.29, 1.82) is 0 Å². The van der Waals surface area contributed by atoms with Gasteiger partial charge in [-0.2, -0.15) is 4.80 Å². The molecule has 0 bridgehead atoms. The summed E-state index contributed by atoms with van der Waals surface area (Å²) in [5, 5.41) is 12.8. The van der Waals surface area contributed by atoms with Crippen LogP contribution in [0.3, 0.4) is 0 Å². The van der Waals surface area contributed by atoms with Crippen molar-refractivity contribution in [1.82, 2.24) is 20.2 Å². The second-order valence-corrected chi connectivity index (χ2v) is 5.61. The molecule has 0 radical (unpaired) electrons. The molecule has 0 aliphatic rings. The molecule has 1 heterocycles. The molecule has 0 saturated heterocycles. The Kier molecular flexibility index (Phi) is 4.60. The van der Waals surface area contributed by atoms with Crippen molar-refractivity contribution in [2.24, 2.45) is 0 Å². The second-order valence-electron chi connectivity index (χ2n) is 4.67. The minimum Gasteiger partial charge on any atom is -0.293 e. The number of nitrogens with zero attached hydrogens (tertiary/aromatic N) is 4. The van der Waals surface area contributed by atoms with Gasteiger partial charge in [-0.15, -0.1) is 10.2 Å². The summed E-state index contributed by atoms with van der Waals surface area (Å²) >= 11 is 1.30. The number of ketones is 1. The van der Waals surface area contributed by atoms with Crippen LogP contribution in [-0.2, 0) is 6.54 Å². The first-order valence-corrected chi connectivity index (χ1v) is 7.82. The van der Waals surface area contributed by atoms with Gasteiger partial charge in [0.15, 0.2) is 5.78 Å². The van der Waals surface area contributed by atoms with E-state index >= 15 is 0 Å². The number of tetrazole rings is 1. The standard InChI is InChI=1S/C16H14N4OS/c21-15(14-9-5-2-6-10-14)12-22-16-17-19-20(18-16)11-13-7-3-1-4-8-13/h1-10H,11-12H2. The lowest BCUT2D eigenvalue weighted by Gasteiger charge is -1.98. The van der Waals surface area contributed by atoms with E-state index in [1.807, 2.05) is 60.7 Å². The third-order valence-electron chi connectivity index (χ3n) is 3.03. The molecule has 0 spiro atoms. The van der Waals surface area contributed by atoms with Crippen molar-refractivity contribution in [3.63, 3.8) is 0 Å². The Hall–Kier alpha value is -2.47. The first kappa shape index (κ1) is 14.5. The maximum Gasteiger partial charge on any atom is 0.231 e. The third-order valence-corrected chi connectivity index (χ3v) is 3.86. The zero-order valence-corrected chi connectivity index (χ0v) is 12.6. The Balaban J connectivity index is 1.57. The molecule has 0 unspecified atom stereocenters. The average molecular weight is 310 g/mol. The molecule has 1 aromatic heterocycles. The quantitative estimate of drug-likeness (QED) is 0.517. The maximum atomic E-state index is 12.0. The molecule has 6 heteroatoms. The second kappa shape index (κ2) is 7.00. The molecule has 0 N–H and O–H groups in total. The van der Waals surface area contributed by atoms with Gasteiger partial charge in [0, 0.05) is 5.56 Å². The SMILES string of the molecule is O=C(CSc1nnn(Cc2ccccc2)n1)c1ccccc1. The third kappa shape index (κ3) is 3.79. The van der Waals surface area contributed by atoms with E-state index < -0.39 is 0 Å². The summed E-state index contributed by atoms with van der Waals surface area (Å²) in [5.41, 5.74) is 1.81. The lowest BCUT2D eigenvalue weighted by atomic mass is 10.2. The van der Waals surface area contributed by atoms with Crippen molar-refractivity contribution in [2.75, 3.05) is 5.75 Å². The summed E-state index contributed by atoms with van der Waals surface area (Å²) in [6, 6.07) is 19.1. The highest BCUT2D eigenvalue weighted by molar-refractivity contribution is 7.99. The van der Waals surface area contributed by atoms with E-state index in [1.165, 1.54) is 16.6 Å². The van der Waals surface area contributed by atoms with E-state index in [9.17, 15) is 4.79 Å². The van der Waals surface area contributed by atoms with Gasteiger partial charge in [0.2, 0.25) is 5.16 Å². The largest absolute Gasteiger partial charge is 0.293 e. The number of carbonyl (C=O) groups is 1. The van der Waals surface area contributed by atoms with Crippen molar-refractivity contribution >= 4 is 17.5 Å². The molecule has 0 saturated carbocycles. The molecule has 2 aromatic carbocycles. The van der Waals surface area contributed by atoms with Crippen LogP contribution in [0.15, 0.2) is 65.8 Å². The molecule has 110 valence electrons. The lowest BCUT2D eigenvalue weighted by Crippen LogP contribution is -2.04. The van der Waals surface area contributed by atoms with E-state index in [0.29, 0.717) is 23.0 Å². The normalized spacial score (nSPS) is 10.5. The van der Waals surface area contributed by atoms with Gasteiger partial charge in [-0.25, -0.2) is 0 Å². The van der Waals surface area contributed by atoms with Gasteiger partial charge in [-0.05, 0) is 10.8 Å². The Labute approximate surface area is 132 Å². The topological polar surface area (TPSA) is 60.7 Å². The maximum absolute atomic E-state index is 12.0. The average Bonchev–Trinajstić information content (AvgIpc) is 3.02. The zero-order chi connectivity index (χ0) is 15.2. The molecular weight excluding hydrogens is 296 g/mol. The molecule has 0 aliphatic heterocycles. The van der Waals surface area contributed by atoms with Crippen molar-refractivity contribution < 1.29 is 4.79 Å². The summed E-state index contributed by atoms with van der Waals surface area (Å²) in [6.45, 7) is 0.570. The molecule has 0 atom stereocenters. The monoisotopic (exact) mass is 310 g/mol. The van der Waals surface area contributed by atoms with E-state index in [2.05, 4.69) is 15.4 Å². The molecule has 5 nitrogen and oxygen atoms in total. The summed E-state index contributed by atoms with van der Waals surface area (Å²) in [4.78, 5) is 13.5. The van der Waals surface area contributed by atoms with Crippen molar-refractivity contribution in [2.45, 2.75) is 11.7 Å². The Bertz CT molecular complexity index is 743. The van der Waals surface area contributed by atoms with E-state index in [0.717, 1.165) is 5.56 Å². The molecule has 22 heavy (non-hydrogen) atoms. The minimum absolute atomic E-state index is 0.0602. The van der Waals surface area contributed by atoms with Crippen LogP contribution in [0.1, 0.15) is 15.9 Å². The number of aromatic nitrogens is 4. The number of rotatable bonds is 6. The van der Waals surface area contributed by atoms with Crippen LogP contribution in [0.2, 0.25) is 0 Å². The first-order chi connectivity index (χ1) is 10.8.